The van der Waals surface area contributed by atoms with E-state index in [0.29, 0.717) is 10.8 Å². The summed E-state index contributed by atoms with van der Waals surface area (Å²) in [6, 6.07) is 10.7. The van der Waals surface area contributed by atoms with Crippen LogP contribution in [-0.4, -0.2) is 35.4 Å². The lowest BCUT2D eigenvalue weighted by molar-refractivity contribution is -0.142. The number of nitrogens with one attached hydrogen (secondary N) is 1. The molecule has 0 fully saturated rings. The zero-order valence-electron chi connectivity index (χ0n) is 19.3. The summed E-state index contributed by atoms with van der Waals surface area (Å²) in [4.78, 5) is 27.5. The molecule has 0 aliphatic rings. The zero-order valence-corrected chi connectivity index (χ0v) is 20.0. The molecule has 5 nitrogen and oxygen atoms in total. The third-order valence-electron chi connectivity index (χ3n) is 5.53. The lowest BCUT2D eigenvalue weighted by Gasteiger charge is -2.29. The van der Waals surface area contributed by atoms with E-state index in [4.69, 9.17) is 16.3 Å². The second kappa shape index (κ2) is 11.2. The van der Waals surface area contributed by atoms with Gasteiger partial charge in [0.15, 0.2) is 6.61 Å². The number of hydrogen-bond acceptors (Lipinski definition) is 3. The summed E-state index contributed by atoms with van der Waals surface area (Å²) < 4.78 is 5.89. The van der Waals surface area contributed by atoms with E-state index in [2.05, 4.69) is 11.4 Å². The Kier molecular flexibility index (Phi) is 8.93. The van der Waals surface area contributed by atoms with Gasteiger partial charge in [0.05, 0.1) is 0 Å². The first-order chi connectivity index (χ1) is 14.6. The SMILES string of the molecule is CCC(C)NC(=O)C(C)N(Cc1cccc(Cl)c1)C(=O)COc1cc(C)cc(C)c1C. The van der Waals surface area contributed by atoms with Crippen LogP contribution < -0.4 is 10.1 Å². The number of hydrogen-bond donors (Lipinski definition) is 1. The van der Waals surface area contributed by atoms with E-state index in [0.717, 1.165) is 28.7 Å². The molecule has 0 saturated carbocycles. The molecule has 0 radical (unpaired) electrons. The molecule has 2 aromatic carbocycles. The van der Waals surface area contributed by atoms with Gasteiger partial charge in [-0.3, -0.25) is 9.59 Å². The van der Waals surface area contributed by atoms with Crippen molar-refractivity contribution in [1.29, 1.82) is 0 Å². The number of nitrogens with zero attached hydrogens (tertiary/aromatic N) is 1. The number of carbonyl (C=O) groups excluding carboxylic acids is 2. The molecule has 2 aromatic rings. The van der Waals surface area contributed by atoms with Gasteiger partial charge in [0, 0.05) is 17.6 Å². The smallest absolute Gasteiger partial charge is 0.261 e. The molecule has 2 amide bonds. The number of carbonyl (C=O) groups is 2. The highest BCUT2D eigenvalue weighted by atomic mass is 35.5. The van der Waals surface area contributed by atoms with E-state index in [1.54, 1.807) is 24.0 Å². The van der Waals surface area contributed by atoms with E-state index < -0.39 is 6.04 Å². The number of rotatable bonds is 9. The van der Waals surface area contributed by atoms with Crippen molar-refractivity contribution in [3.05, 3.63) is 63.7 Å². The Morgan fingerprint density at radius 1 is 1.13 bits per heavy atom. The van der Waals surface area contributed by atoms with Crippen LogP contribution in [0.4, 0.5) is 0 Å². The first kappa shape index (κ1) is 24.7. The lowest BCUT2D eigenvalue weighted by atomic mass is 10.1. The van der Waals surface area contributed by atoms with E-state index in [9.17, 15) is 9.59 Å². The topological polar surface area (TPSA) is 58.6 Å². The van der Waals surface area contributed by atoms with Crippen LogP contribution in [0, 0.1) is 20.8 Å². The van der Waals surface area contributed by atoms with Crippen molar-refractivity contribution in [2.24, 2.45) is 0 Å². The van der Waals surface area contributed by atoms with Crippen molar-refractivity contribution in [2.45, 2.75) is 66.6 Å². The molecular formula is C25H33ClN2O3. The molecule has 0 spiro atoms. The lowest BCUT2D eigenvalue weighted by Crippen LogP contribution is -2.50. The second-order valence-electron chi connectivity index (χ2n) is 8.14. The molecule has 2 rings (SSSR count). The Morgan fingerprint density at radius 3 is 2.48 bits per heavy atom. The maximum Gasteiger partial charge on any atom is 0.261 e. The van der Waals surface area contributed by atoms with Crippen LogP contribution in [0.15, 0.2) is 36.4 Å². The molecule has 0 heterocycles. The molecule has 0 bridgehead atoms. The van der Waals surface area contributed by atoms with Gasteiger partial charge in [0.1, 0.15) is 11.8 Å². The molecule has 0 aliphatic carbocycles. The highest BCUT2D eigenvalue weighted by Crippen LogP contribution is 2.23. The molecule has 2 unspecified atom stereocenters. The quantitative estimate of drug-likeness (QED) is 0.593. The van der Waals surface area contributed by atoms with Gasteiger partial charge in [-0.15, -0.1) is 0 Å². The van der Waals surface area contributed by atoms with Crippen LogP contribution in [0.5, 0.6) is 5.75 Å². The molecule has 6 heteroatoms. The number of ether oxygens (including phenoxy) is 1. The minimum Gasteiger partial charge on any atom is -0.483 e. The number of amides is 2. The molecule has 0 aliphatic heterocycles. The van der Waals surface area contributed by atoms with Gasteiger partial charge in [0.25, 0.3) is 5.91 Å². The Balaban J connectivity index is 2.22. The van der Waals surface area contributed by atoms with Gasteiger partial charge >= 0.3 is 0 Å². The summed E-state index contributed by atoms with van der Waals surface area (Å²) in [5.41, 5.74) is 4.04. The van der Waals surface area contributed by atoms with Crippen LogP contribution >= 0.6 is 11.6 Å². The normalized spacial score (nSPS) is 12.7. The molecular weight excluding hydrogens is 412 g/mol. The van der Waals surface area contributed by atoms with Gasteiger partial charge in [0.2, 0.25) is 5.91 Å². The van der Waals surface area contributed by atoms with Crippen LogP contribution in [-0.2, 0) is 16.1 Å². The average molecular weight is 445 g/mol. The summed E-state index contributed by atoms with van der Waals surface area (Å²) in [5, 5.41) is 3.55. The van der Waals surface area contributed by atoms with Crippen LogP contribution in [0.25, 0.3) is 0 Å². The largest absolute Gasteiger partial charge is 0.483 e. The highest BCUT2D eigenvalue weighted by molar-refractivity contribution is 6.30. The zero-order chi connectivity index (χ0) is 23.1. The van der Waals surface area contributed by atoms with Crippen molar-refractivity contribution in [1.82, 2.24) is 10.2 Å². The number of halogens is 1. The third kappa shape index (κ3) is 7.00. The number of benzene rings is 2. The molecule has 0 aromatic heterocycles. The monoisotopic (exact) mass is 444 g/mol. The minimum absolute atomic E-state index is 0.0345. The van der Waals surface area contributed by atoms with Crippen LogP contribution in [0.2, 0.25) is 5.02 Å². The van der Waals surface area contributed by atoms with E-state index in [1.165, 1.54) is 0 Å². The predicted octanol–water partition coefficient (Wildman–Crippen LogP) is 4.98. The molecule has 0 saturated heterocycles. The summed E-state index contributed by atoms with van der Waals surface area (Å²) in [7, 11) is 0. The Morgan fingerprint density at radius 2 is 1.84 bits per heavy atom. The second-order valence-corrected chi connectivity index (χ2v) is 8.58. The molecule has 2 atom stereocenters. The van der Waals surface area contributed by atoms with Gasteiger partial charge < -0.3 is 15.0 Å². The van der Waals surface area contributed by atoms with E-state index in [1.807, 2.05) is 52.8 Å². The fourth-order valence-corrected chi connectivity index (χ4v) is 3.47. The molecule has 31 heavy (non-hydrogen) atoms. The Hall–Kier alpha value is -2.53. The van der Waals surface area contributed by atoms with Crippen LogP contribution in [0.3, 0.4) is 0 Å². The fraction of sp³-hybridized carbons (Fsp3) is 0.440. The Labute approximate surface area is 190 Å². The first-order valence-corrected chi connectivity index (χ1v) is 11.0. The maximum atomic E-state index is 13.2. The third-order valence-corrected chi connectivity index (χ3v) is 5.76. The van der Waals surface area contributed by atoms with Crippen LogP contribution in [0.1, 0.15) is 49.4 Å². The van der Waals surface area contributed by atoms with Crippen molar-refractivity contribution in [2.75, 3.05) is 6.61 Å². The summed E-state index contributed by atoms with van der Waals surface area (Å²) in [5.74, 6) is 0.239. The molecule has 1 N–H and O–H groups in total. The Bertz CT molecular complexity index is 929. The number of aryl methyl sites for hydroxylation is 2. The highest BCUT2D eigenvalue weighted by Gasteiger charge is 2.27. The van der Waals surface area contributed by atoms with Gasteiger partial charge in [-0.25, -0.2) is 0 Å². The van der Waals surface area contributed by atoms with Crippen molar-refractivity contribution >= 4 is 23.4 Å². The van der Waals surface area contributed by atoms with E-state index in [-0.39, 0.29) is 31.0 Å². The van der Waals surface area contributed by atoms with Gasteiger partial charge in [-0.2, -0.15) is 0 Å². The van der Waals surface area contributed by atoms with Crippen molar-refractivity contribution < 1.29 is 14.3 Å². The fourth-order valence-electron chi connectivity index (χ4n) is 3.25. The standard InChI is InChI=1S/C25H33ClN2O3/c1-7-18(4)27-25(30)20(6)28(14-21-9-8-10-22(26)13-21)24(29)15-31-23-12-16(2)11-17(3)19(23)5/h8-13,18,20H,7,14-15H2,1-6H3,(H,27,30). The van der Waals surface area contributed by atoms with Gasteiger partial charge in [-0.1, -0.05) is 36.7 Å². The van der Waals surface area contributed by atoms with Crippen molar-refractivity contribution in [3.63, 3.8) is 0 Å². The summed E-state index contributed by atoms with van der Waals surface area (Å²) >= 11 is 6.12. The van der Waals surface area contributed by atoms with Crippen molar-refractivity contribution in [3.8, 4) is 5.75 Å². The summed E-state index contributed by atoms with van der Waals surface area (Å²) in [6.45, 7) is 11.8. The summed E-state index contributed by atoms with van der Waals surface area (Å²) in [6.07, 6.45) is 0.815. The maximum absolute atomic E-state index is 13.2. The minimum atomic E-state index is -0.649. The predicted molar refractivity (Wildman–Crippen MR) is 126 cm³/mol. The molecule has 168 valence electrons. The van der Waals surface area contributed by atoms with E-state index >= 15 is 0 Å². The average Bonchev–Trinajstić information content (AvgIpc) is 2.72. The first-order valence-electron chi connectivity index (χ1n) is 10.7. The van der Waals surface area contributed by atoms with Gasteiger partial charge in [-0.05, 0) is 81.5 Å².